The van der Waals surface area contributed by atoms with Crippen LogP contribution in [0.5, 0.6) is 5.75 Å². The molecule has 9 nitrogen and oxygen atoms in total. The lowest BCUT2D eigenvalue weighted by atomic mass is 10.0. The number of benzene rings is 2. The number of halogens is 1. The third kappa shape index (κ3) is 3.86. The molecule has 3 heterocycles. The molecule has 0 atom stereocenters. The Labute approximate surface area is 205 Å². The van der Waals surface area contributed by atoms with Gasteiger partial charge in [0.05, 0.1) is 24.2 Å². The molecule has 5 rings (SSSR count). The number of ether oxygens (including phenoxy) is 1. The van der Waals surface area contributed by atoms with Crippen molar-refractivity contribution in [3.05, 3.63) is 104 Å². The van der Waals surface area contributed by atoms with Crippen LogP contribution in [0.1, 0.15) is 27.3 Å². The van der Waals surface area contributed by atoms with E-state index >= 15 is 0 Å². The van der Waals surface area contributed by atoms with Gasteiger partial charge in [-0.1, -0.05) is 11.2 Å². The second-order valence-corrected chi connectivity index (χ2v) is 8.38. The number of anilines is 1. The molecule has 182 valence electrons. The molecule has 1 aliphatic heterocycles. The van der Waals surface area contributed by atoms with Gasteiger partial charge in [0, 0.05) is 36.1 Å². The van der Waals surface area contributed by atoms with Gasteiger partial charge in [-0.25, -0.2) is 9.07 Å². The molecule has 1 amide bonds. The van der Waals surface area contributed by atoms with E-state index in [9.17, 15) is 18.9 Å². The van der Waals surface area contributed by atoms with Crippen LogP contribution in [-0.2, 0) is 13.0 Å². The molecule has 4 aromatic rings. The van der Waals surface area contributed by atoms with Gasteiger partial charge in [0.25, 0.3) is 11.5 Å². The molecule has 0 N–H and O–H groups in total. The zero-order valence-corrected chi connectivity index (χ0v) is 19.6. The largest absolute Gasteiger partial charge is 0.494 e. The Balaban J connectivity index is 1.57. The van der Waals surface area contributed by atoms with Gasteiger partial charge >= 0.3 is 0 Å². The van der Waals surface area contributed by atoms with E-state index in [1.54, 1.807) is 46.0 Å². The van der Waals surface area contributed by atoms with E-state index in [0.29, 0.717) is 41.3 Å². The van der Waals surface area contributed by atoms with Gasteiger partial charge in [-0.15, -0.1) is 0 Å². The molecule has 0 radical (unpaired) electrons. The van der Waals surface area contributed by atoms with Crippen LogP contribution in [0.15, 0.2) is 70.8 Å². The molecule has 36 heavy (non-hydrogen) atoms. The summed E-state index contributed by atoms with van der Waals surface area (Å²) in [5, 5.41) is 7.39. The molecule has 0 aliphatic carbocycles. The first-order valence-corrected chi connectivity index (χ1v) is 11.3. The first kappa shape index (κ1) is 23.2. The van der Waals surface area contributed by atoms with E-state index < -0.39 is 5.82 Å². The Morgan fingerprint density at radius 3 is 2.58 bits per heavy atom. The molecule has 2 aromatic carbocycles. The van der Waals surface area contributed by atoms with E-state index in [1.807, 2.05) is 13.0 Å². The number of rotatable bonds is 6. The van der Waals surface area contributed by atoms with Crippen LogP contribution in [0.3, 0.4) is 0 Å². The van der Waals surface area contributed by atoms with Gasteiger partial charge in [-0.3, -0.25) is 14.2 Å². The van der Waals surface area contributed by atoms with Crippen molar-refractivity contribution in [1.82, 2.24) is 14.3 Å². The first-order chi connectivity index (χ1) is 17.4. The maximum absolute atomic E-state index is 14.5. The fourth-order valence-corrected chi connectivity index (χ4v) is 4.54. The molecular formula is C26H22FN5O4. The Bertz CT molecular complexity index is 1560. The smallest absolute Gasteiger partial charge is 0.277 e. The predicted molar refractivity (Wildman–Crippen MR) is 132 cm³/mol. The van der Waals surface area contributed by atoms with Crippen molar-refractivity contribution in [3.63, 3.8) is 0 Å². The molecule has 1 aliphatic rings. The molecule has 2 aromatic heterocycles. The zero-order chi connectivity index (χ0) is 25.4. The van der Waals surface area contributed by atoms with Crippen LogP contribution >= 0.6 is 0 Å². The Morgan fingerprint density at radius 1 is 1.08 bits per heavy atom. The molecule has 0 unspecified atom stereocenters. The lowest BCUT2D eigenvalue weighted by Gasteiger charge is -2.28. The number of hydrogen-bond acceptors (Lipinski definition) is 6. The number of aromatic nitrogens is 3. The maximum Gasteiger partial charge on any atom is 0.277 e. The molecule has 0 bridgehead atoms. The summed E-state index contributed by atoms with van der Waals surface area (Å²) in [7, 11) is 1.37. The van der Waals surface area contributed by atoms with Gasteiger partial charge < -0.3 is 9.64 Å². The number of hydrogen-bond donors (Lipinski definition) is 0. The number of carbonyl (C=O) groups is 1. The van der Waals surface area contributed by atoms with E-state index in [-0.39, 0.29) is 29.5 Å². The van der Waals surface area contributed by atoms with Crippen LogP contribution in [0.4, 0.5) is 10.1 Å². The van der Waals surface area contributed by atoms with Gasteiger partial charge in [-0.05, 0) is 55.3 Å². The van der Waals surface area contributed by atoms with Crippen molar-refractivity contribution in [2.45, 2.75) is 19.9 Å². The minimum absolute atomic E-state index is 0.0654. The fourth-order valence-electron chi connectivity index (χ4n) is 4.54. The standard InChI is InChI=1S/C26H22FN5O4/c1-16-13-17(6-8-22(16)31-11-4-3-5-24(31)33)30-12-10-19-21(15-28-35)29-32(25(19)26(30)34)18-7-9-23(36-2)20(27)14-18/h3-9,11,13-14H,10,12,15H2,1-2H3. The molecule has 10 heteroatoms. The number of pyridine rings is 1. The summed E-state index contributed by atoms with van der Waals surface area (Å²) in [6, 6.07) is 14.6. The number of nitrogens with zero attached hydrogens (tertiary/aromatic N) is 5. The van der Waals surface area contributed by atoms with Crippen LogP contribution in [0.25, 0.3) is 11.4 Å². The van der Waals surface area contributed by atoms with Crippen molar-refractivity contribution in [2.24, 2.45) is 5.18 Å². The summed E-state index contributed by atoms with van der Waals surface area (Å²) < 4.78 is 22.4. The molecular weight excluding hydrogens is 465 g/mol. The van der Waals surface area contributed by atoms with Crippen LogP contribution in [0.2, 0.25) is 0 Å². The SMILES string of the molecule is COc1ccc(-n2nc(CN=O)c3c2C(=O)N(c2ccc(-n4ccccc4=O)c(C)c2)CC3)cc1F. The van der Waals surface area contributed by atoms with E-state index in [1.165, 1.54) is 30.0 Å². The van der Waals surface area contributed by atoms with Crippen molar-refractivity contribution >= 4 is 11.6 Å². The highest BCUT2D eigenvalue weighted by Crippen LogP contribution is 2.31. The topological polar surface area (TPSA) is 98.8 Å². The number of aryl methyl sites for hydroxylation is 1. The normalized spacial score (nSPS) is 13.0. The molecule has 0 saturated heterocycles. The van der Waals surface area contributed by atoms with Gasteiger partial charge in [0.1, 0.15) is 12.2 Å². The van der Waals surface area contributed by atoms with Crippen molar-refractivity contribution in [3.8, 4) is 17.1 Å². The average molecular weight is 487 g/mol. The quantitative estimate of drug-likeness (QED) is 0.384. The van der Waals surface area contributed by atoms with Crippen LogP contribution in [0, 0.1) is 17.6 Å². The lowest BCUT2D eigenvalue weighted by Crippen LogP contribution is -2.39. The third-order valence-electron chi connectivity index (χ3n) is 6.27. The summed E-state index contributed by atoms with van der Waals surface area (Å²) in [6.07, 6.45) is 2.14. The highest BCUT2D eigenvalue weighted by Gasteiger charge is 2.33. The van der Waals surface area contributed by atoms with Crippen LogP contribution in [-0.4, -0.2) is 33.9 Å². The van der Waals surface area contributed by atoms with Crippen molar-refractivity contribution in [1.29, 1.82) is 0 Å². The van der Waals surface area contributed by atoms with E-state index in [4.69, 9.17) is 4.74 Å². The highest BCUT2D eigenvalue weighted by molar-refractivity contribution is 6.07. The summed E-state index contributed by atoms with van der Waals surface area (Å²) >= 11 is 0. The number of amides is 1. The molecule has 0 saturated carbocycles. The van der Waals surface area contributed by atoms with Crippen molar-refractivity contribution in [2.75, 3.05) is 18.6 Å². The van der Waals surface area contributed by atoms with E-state index in [0.717, 1.165) is 5.56 Å². The summed E-state index contributed by atoms with van der Waals surface area (Å²) in [5.41, 5.74) is 3.62. The molecule has 0 spiro atoms. The lowest BCUT2D eigenvalue weighted by molar-refractivity contribution is 0.0973. The van der Waals surface area contributed by atoms with Gasteiger partial charge in [-0.2, -0.15) is 10.0 Å². The summed E-state index contributed by atoms with van der Waals surface area (Å²) in [4.78, 5) is 38.6. The van der Waals surface area contributed by atoms with Gasteiger partial charge in [0.15, 0.2) is 11.6 Å². The first-order valence-electron chi connectivity index (χ1n) is 11.3. The maximum atomic E-state index is 14.5. The Kier molecular flexibility index (Phi) is 5.93. The van der Waals surface area contributed by atoms with Crippen molar-refractivity contribution < 1.29 is 13.9 Å². The second kappa shape index (κ2) is 9.21. The average Bonchev–Trinajstić information content (AvgIpc) is 3.24. The monoisotopic (exact) mass is 487 g/mol. The Hall–Kier alpha value is -4.60. The minimum atomic E-state index is -0.600. The predicted octanol–water partition coefficient (Wildman–Crippen LogP) is 3.95. The Morgan fingerprint density at radius 2 is 1.89 bits per heavy atom. The third-order valence-corrected chi connectivity index (χ3v) is 6.27. The minimum Gasteiger partial charge on any atom is -0.494 e. The summed E-state index contributed by atoms with van der Waals surface area (Å²) in [5.74, 6) is -0.867. The highest BCUT2D eigenvalue weighted by atomic mass is 19.1. The van der Waals surface area contributed by atoms with E-state index in [2.05, 4.69) is 10.3 Å². The fraction of sp³-hybridized carbons (Fsp3) is 0.192. The number of methoxy groups -OCH3 is 1. The number of nitroso groups, excluding NO2 is 1. The number of carbonyl (C=O) groups excluding carboxylic acids is 1. The van der Waals surface area contributed by atoms with Crippen LogP contribution < -0.4 is 15.2 Å². The summed E-state index contributed by atoms with van der Waals surface area (Å²) in [6.45, 7) is 2.04. The van der Waals surface area contributed by atoms with Gasteiger partial charge in [0.2, 0.25) is 0 Å². The molecule has 0 fully saturated rings. The number of fused-ring (bicyclic) bond motifs is 1. The second-order valence-electron chi connectivity index (χ2n) is 8.38. The zero-order valence-electron chi connectivity index (χ0n) is 19.6.